The molecule has 6 nitrogen and oxygen atoms in total. The Morgan fingerprint density at radius 3 is 1.16 bits per heavy atom. The Morgan fingerprint density at radius 1 is 0.520 bits per heavy atom. The Balaban J connectivity index is 0. The third kappa shape index (κ3) is 36.9. The lowest BCUT2D eigenvalue weighted by atomic mass is 9.82. The zero-order chi connectivity index (χ0) is 36.3. The number of hydrogen-bond donors (Lipinski definition) is 2. The van der Waals surface area contributed by atoms with Crippen molar-refractivity contribution >= 4 is 11.9 Å². The van der Waals surface area contributed by atoms with E-state index >= 15 is 0 Å². The van der Waals surface area contributed by atoms with E-state index in [1.807, 2.05) is 0 Å². The Kier molecular flexibility index (Phi) is 38.8. The van der Waals surface area contributed by atoms with Crippen LogP contribution in [0.5, 0.6) is 0 Å². The van der Waals surface area contributed by atoms with Crippen molar-refractivity contribution in [2.75, 3.05) is 13.2 Å². The van der Waals surface area contributed by atoms with Crippen molar-refractivity contribution in [3.63, 3.8) is 0 Å². The maximum atomic E-state index is 12.6. The minimum absolute atomic E-state index is 0. The van der Waals surface area contributed by atoms with E-state index in [-0.39, 0.29) is 49.0 Å². The van der Waals surface area contributed by atoms with Gasteiger partial charge in [-0.3, -0.25) is 9.59 Å². The zero-order valence-corrected chi connectivity index (χ0v) is 34.6. The molecule has 0 saturated carbocycles. The predicted octanol–water partition coefficient (Wildman–Crippen LogP) is 8.60. The summed E-state index contributed by atoms with van der Waals surface area (Å²) in [6.07, 6.45) is 38.7. The van der Waals surface area contributed by atoms with Crippen LogP contribution in [-0.4, -0.2) is 41.9 Å². The van der Waals surface area contributed by atoms with Crippen molar-refractivity contribution in [2.45, 2.75) is 245 Å². The Hall–Kier alpha value is -0.850. The van der Waals surface area contributed by atoms with Crippen molar-refractivity contribution in [3.8, 4) is 0 Å². The summed E-state index contributed by atoms with van der Waals surface area (Å²) in [6.45, 7) is 8.44. The van der Waals surface area contributed by atoms with Crippen LogP contribution in [-0.2, 0) is 19.1 Å². The zero-order valence-electron chi connectivity index (χ0n) is 33.9. The van der Waals surface area contributed by atoms with Crippen LogP contribution < -0.4 is 18.1 Å². The molecule has 0 aliphatic rings. The number of hydrogen-bond acceptors (Lipinski definition) is 5. The first-order valence-corrected chi connectivity index (χ1v) is 21.5. The molecule has 0 spiro atoms. The van der Waals surface area contributed by atoms with E-state index in [2.05, 4.69) is 33.4 Å². The van der Waals surface area contributed by atoms with Crippen LogP contribution in [0, 0.1) is 5.92 Å². The average molecular weight is 733 g/mol. The van der Waals surface area contributed by atoms with Crippen LogP contribution in [0.4, 0.5) is 0 Å². The third-order valence-corrected chi connectivity index (χ3v) is 10.3. The highest BCUT2D eigenvalue weighted by molar-refractivity contribution is 5.70. The van der Waals surface area contributed by atoms with Gasteiger partial charge in [0, 0.05) is 12.3 Å². The summed E-state index contributed by atoms with van der Waals surface area (Å²) in [5.74, 6) is -0.454. The number of ether oxygens (including phenoxy) is 2. The number of carbonyl (C=O) groups excluding carboxylic acids is 2. The van der Waals surface area contributed by atoms with Gasteiger partial charge in [-0.15, -0.1) is 0 Å². The molecule has 0 fully saturated rings. The van der Waals surface area contributed by atoms with Crippen molar-refractivity contribution in [1.29, 1.82) is 0 Å². The van der Waals surface area contributed by atoms with Gasteiger partial charge in [0.25, 0.3) is 0 Å². The highest BCUT2D eigenvalue weighted by atomic mass is 35.5. The molecule has 0 aromatic carbocycles. The van der Waals surface area contributed by atoms with Crippen LogP contribution in [0.3, 0.4) is 0 Å². The van der Waals surface area contributed by atoms with Crippen LogP contribution in [0.25, 0.3) is 0 Å². The lowest BCUT2D eigenvalue weighted by molar-refractivity contribution is -0.480. The summed E-state index contributed by atoms with van der Waals surface area (Å²) in [5, 5.41) is 10.2. The van der Waals surface area contributed by atoms with Gasteiger partial charge in [0.2, 0.25) is 0 Å². The molecule has 0 bridgehead atoms. The van der Waals surface area contributed by atoms with Gasteiger partial charge in [-0.05, 0) is 26.7 Å². The number of halogens is 1. The molecular weight excluding hydrogens is 646 g/mol. The van der Waals surface area contributed by atoms with Crippen molar-refractivity contribution in [1.82, 2.24) is 0 Å². The second-order valence-electron chi connectivity index (χ2n) is 16.0. The average Bonchev–Trinajstić information content (AvgIpc) is 3.07. The molecule has 0 amide bonds. The van der Waals surface area contributed by atoms with Crippen molar-refractivity contribution in [2.24, 2.45) is 5.92 Å². The normalized spacial score (nSPS) is 12.8. The molecule has 4 N–H and O–H groups in total. The monoisotopic (exact) mass is 732 g/mol. The second-order valence-corrected chi connectivity index (χ2v) is 16.0. The minimum Gasteiger partial charge on any atom is -1.00 e. The Morgan fingerprint density at radius 2 is 0.820 bits per heavy atom. The summed E-state index contributed by atoms with van der Waals surface area (Å²) in [5.41, 5.74) is 4.08. The molecule has 0 aliphatic heterocycles. The molecular formula is C43H86ClNO5. The fraction of sp³-hybridized carbons (Fsp3) is 0.953. The Bertz CT molecular complexity index is 729. The topological polar surface area (TPSA) is 100 Å². The van der Waals surface area contributed by atoms with E-state index in [4.69, 9.17) is 9.47 Å². The number of esters is 2. The first kappa shape index (κ1) is 51.3. The largest absolute Gasteiger partial charge is 1.00 e. The van der Waals surface area contributed by atoms with E-state index in [9.17, 15) is 14.7 Å². The molecule has 50 heavy (non-hydrogen) atoms. The van der Waals surface area contributed by atoms with Gasteiger partial charge in [0.1, 0.15) is 19.3 Å². The van der Waals surface area contributed by atoms with Gasteiger partial charge in [0.15, 0.2) is 0 Å². The maximum Gasteiger partial charge on any atom is 0.306 e. The lowest BCUT2D eigenvalue weighted by Crippen LogP contribution is -3.00. The van der Waals surface area contributed by atoms with Crippen molar-refractivity contribution in [3.05, 3.63) is 0 Å². The smallest absolute Gasteiger partial charge is 0.306 e. The summed E-state index contributed by atoms with van der Waals surface area (Å²) < 4.78 is 10.6. The summed E-state index contributed by atoms with van der Waals surface area (Å²) in [4.78, 5) is 24.7. The van der Waals surface area contributed by atoms with E-state index in [0.717, 1.165) is 32.1 Å². The van der Waals surface area contributed by atoms with Crippen LogP contribution in [0.2, 0.25) is 0 Å². The molecule has 0 aromatic rings. The lowest BCUT2D eigenvalue weighted by Gasteiger charge is -2.27. The molecule has 2 atom stereocenters. The number of rotatable bonds is 38. The predicted molar refractivity (Wildman–Crippen MR) is 207 cm³/mol. The van der Waals surface area contributed by atoms with E-state index in [1.54, 1.807) is 0 Å². The van der Waals surface area contributed by atoms with E-state index < -0.39 is 6.10 Å². The van der Waals surface area contributed by atoms with Gasteiger partial charge < -0.3 is 32.7 Å². The van der Waals surface area contributed by atoms with Crippen molar-refractivity contribution < 1.29 is 42.3 Å². The first-order chi connectivity index (χ1) is 23.7. The molecule has 300 valence electrons. The fourth-order valence-corrected chi connectivity index (χ4v) is 6.75. The SMILES string of the molecule is CCCCCCCCCCCCCCCCCC(=O)OCC(O)COC(=O)CC(CCCCCCCCCCCCCCCC)C(C)(C)[NH3+].[Cl-]. The number of quaternary nitrogens is 1. The van der Waals surface area contributed by atoms with Crippen LogP contribution >= 0.6 is 0 Å². The molecule has 0 heterocycles. The maximum absolute atomic E-state index is 12.6. The minimum atomic E-state index is -0.994. The van der Waals surface area contributed by atoms with Gasteiger partial charge in [0.05, 0.1) is 12.0 Å². The van der Waals surface area contributed by atoms with Gasteiger partial charge in [-0.2, -0.15) is 0 Å². The number of unbranched alkanes of at least 4 members (excludes halogenated alkanes) is 27. The standard InChI is InChI=1S/C43H85NO5.ClH/c1-5-7-9-11-13-15-17-19-21-23-25-27-29-31-33-35-41(46)48-37-40(45)38-49-42(47)36-39(43(3,4)44)34-32-30-28-26-24-22-20-18-16-14-12-10-8-6-2;/h39-40,45H,5-38,44H2,1-4H3;1H. The number of carbonyl (C=O) groups is 2. The number of aliphatic hydroxyl groups excluding tert-OH is 1. The molecule has 0 saturated heterocycles. The molecule has 7 heteroatoms. The second kappa shape index (κ2) is 37.9. The number of aliphatic hydroxyl groups is 1. The van der Waals surface area contributed by atoms with E-state index in [1.165, 1.54) is 161 Å². The summed E-state index contributed by atoms with van der Waals surface area (Å²) in [7, 11) is 0. The third-order valence-electron chi connectivity index (χ3n) is 10.3. The highest BCUT2D eigenvalue weighted by Crippen LogP contribution is 2.24. The van der Waals surface area contributed by atoms with Gasteiger partial charge in [-0.1, -0.05) is 194 Å². The molecule has 2 unspecified atom stereocenters. The molecule has 0 radical (unpaired) electrons. The summed E-state index contributed by atoms with van der Waals surface area (Å²) in [6, 6.07) is 0. The first-order valence-electron chi connectivity index (χ1n) is 21.5. The van der Waals surface area contributed by atoms with E-state index in [0.29, 0.717) is 12.8 Å². The van der Waals surface area contributed by atoms with Crippen LogP contribution in [0.1, 0.15) is 233 Å². The highest BCUT2D eigenvalue weighted by Gasteiger charge is 2.31. The fourth-order valence-electron chi connectivity index (χ4n) is 6.75. The van der Waals surface area contributed by atoms with Gasteiger partial charge in [-0.25, -0.2) is 0 Å². The molecule has 0 aliphatic carbocycles. The van der Waals surface area contributed by atoms with Crippen LogP contribution in [0.15, 0.2) is 0 Å². The summed E-state index contributed by atoms with van der Waals surface area (Å²) >= 11 is 0. The quantitative estimate of drug-likeness (QED) is 0.0490. The van der Waals surface area contributed by atoms with Gasteiger partial charge >= 0.3 is 11.9 Å². The molecule has 0 rings (SSSR count). The Labute approximate surface area is 317 Å². The molecule has 0 aromatic heterocycles.